The fourth-order valence-electron chi connectivity index (χ4n) is 2.38. The van der Waals surface area contributed by atoms with Crippen molar-refractivity contribution >= 4 is 21.9 Å². The molecule has 5 heteroatoms. The molecule has 1 heterocycles. The van der Waals surface area contributed by atoms with Crippen molar-refractivity contribution in [1.82, 2.24) is 4.90 Å². The average molecular weight is 330 g/mol. The number of piperidine rings is 1. The van der Waals surface area contributed by atoms with Crippen LogP contribution in [-0.4, -0.2) is 31.1 Å². The van der Waals surface area contributed by atoms with Gasteiger partial charge in [0.05, 0.1) is 13.0 Å². The number of methoxy groups -OCH3 is 1. The second kappa shape index (κ2) is 6.48. The third-order valence-corrected chi connectivity index (χ3v) is 4.27. The smallest absolute Gasteiger partial charge is 0.308 e. The summed E-state index contributed by atoms with van der Waals surface area (Å²) < 4.78 is 18.6. The van der Waals surface area contributed by atoms with Gasteiger partial charge < -0.3 is 4.74 Å². The van der Waals surface area contributed by atoms with Gasteiger partial charge in [0.25, 0.3) is 0 Å². The molecule has 0 spiro atoms. The van der Waals surface area contributed by atoms with Gasteiger partial charge in [-0.2, -0.15) is 0 Å². The molecule has 0 N–H and O–H groups in total. The highest BCUT2D eigenvalue weighted by Gasteiger charge is 2.25. The second-order valence-corrected chi connectivity index (χ2v) is 5.66. The van der Waals surface area contributed by atoms with E-state index in [1.165, 1.54) is 19.2 Å². The third-order valence-electron chi connectivity index (χ3n) is 3.53. The van der Waals surface area contributed by atoms with E-state index in [1.54, 1.807) is 6.07 Å². The van der Waals surface area contributed by atoms with Crippen molar-refractivity contribution in [2.75, 3.05) is 20.2 Å². The molecule has 1 aliphatic heterocycles. The molecule has 0 aromatic heterocycles. The zero-order chi connectivity index (χ0) is 13.8. The number of esters is 1. The molecule has 104 valence electrons. The Hall–Kier alpha value is -0.940. The Morgan fingerprint density at radius 2 is 2.16 bits per heavy atom. The van der Waals surface area contributed by atoms with E-state index in [0.717, 1.165) is 42.5 Å². The first-order valence-corrected chi connectivity index (χ1v) is 7.13. The predicted molar refractivity (Wildman–Crippen MR) is 74.1 cm³/mol. The average Bonchev–Trinajstić information content (AvgIpc) is 2.42. The lowest BCUT2D eigenvalue weighted by molar-refractivity contribution is -0.147. The molecule has 0 unspecified atom stereocenters. The lowest BCUT2D eigenvalue weighted by Crippen LogP contribution is -2.36. The molecule has 0 saturated carbocycles. The van der Waals surface area contributed by atoms with Crippen LogP contribution in [0.4, 0.5) is 4.39 Å². The van der Waals surface area contributed by atoms with Gasteiger partial charge in [-0.15, -0.1) is 0 Å². The summed E-state index contributed by atoms with van der Waals surface area (Å²) >= 11 is 3.38. The van der Waals surface area contributed by atoms with Gasteiger partial charge in [0.15, 0.2) is 0 Å². The van der Waals surface area contributed by atoms with Crippen LogP contribution in [-0.2, 0) is 16.1 Å². The summed E-state index contributed by atoms with van der Waals surface area (Å²) in [6.45, 7) is 2.50. The van der Waals surface area contributed by atoms with E-state index in [9.17, 15) is 9.18 Å². The van der Waals surface area contributed by atoms with Crippen LogP contribution >= 0.6 is 15.9 Å². The number of nitrogens with zero attached hydrogens (tertiary/aromatic N) is 1. The van der Waals surface area contributed by atoms with Crippen LogP contribution in [0.1, 0.15) is 18.4 Å². The summed E-state index contributed by atoms with van der Waals surface area (Å²) in [6, 6.07) is 4.75. The van der Waals surface area contributed by atoms with Gasteiger partial charge in [0.2, 0.25) is 0 Å². The molecular weight excluding hydrogens is 313 g/mol. The molecule has 0 aliphatic carbocycles. The fraction of sp³-hybridized carbons (Fsp3) is 0.500. The summed E-state index contributed by atoms with van der Waals surface area (Å²) in [5.41, 5.74) is 1.07. The van der Waals surface area contributed by atoms with Crippen LogP contribution in [0.5, 0.6) is 0 Å². The minimum absolute atomic E-state index is 0.0258. The molecule has 19 heavy (non-hydrogen) atoms. The van der Waals surface area contributed by atoms with Crippen molar-refractivity contribution in [3.63, 3.8) is 0 Å². The normalized spacial score (nSPS) is 17.4. The van der Waals surface area contributed by atoms with E-state index in [0.29, 0.717) is 0 Å². The van der Waals surface area contributed by atoms with E-state index >= 15 is 0 Å². The number of carbonyl (C=O) groups is 1. The van der Waals surface area contributed by atoms with Crippen molar-refractivity contribution in [3.05, 3.63) is 34.1 Å². The first-order chi connectivity index (χ1) is 9.10. The Balaban J connectivity index is 1.90. The number of carbonyl (C=O) groups excluding carboxylic acids is 1. The number of benzene rings is 1. The topological polar surface area (TPSA) is 29.5 Å². The molecule has 0 bridgehead atoms. The van der Waals surface area contributed by atoms with Crippen LogP contribution < -0.4 is 0 Å². The number of hydrogen-bond donors (Lipinski definition) is 0. The first kappa shape index (κ1) is 14.5. The number of likely N-dealkylation sites (tertiary alicyclic amines) is 1. The van der Waals surface area contributed by atoms with Gasteiger partial charge in [-0.25, -0.2) is 4.39 Å². The maximum atomic E-state index is 13.0. The summed E-state index contributed by atoms with van der Waals surface area (Å²) in [4.78, 5) is 13.7. The van der Waals surface area contributed by atoms with E-state index in [1.807, 2.05) is 0 Å². The van der Waals surface area contributed by atoms with Crippen molar-refractivity contribution in [3.8, 4) is 0 Å². The highest BCUT2D eigenvalue weighted by Crippen LogP contribution is 2.23. The Kier molecular flexibility index (Phi) is 4.93. The van der Waals surface area contributed by atoms with Crippen LogP contribution in [0.2, 0.25) is 0 Å². The van der Waals surface area contributed by atoms with Crippen molar-refractivity contribution in [1.29, 1.82) is 0 Å². The quantitative estimate of drug-likeness (QED) is 0.798. The molecule has 0 atom stereocenters. The van der Waals surface area contributed by atoms with Crippen molar-refractivity contribution in [2.24, 2.45) is 5.92 Å². The third kappa shape index (κ3) is 3.76. The van der Waals surface area contributed by atoms with Gasteiger partial charge in [-0.05, 0) is 43.6 Å². The summed E-state index contributed by atoms with van der Waals surface area (Å²) in [6.07, 6.45) is 1.65. The van der Waals surface area contributed by atoms with Crippen LogP contribution in [0.15, 0.2) is 22.7 Å². The molecule has 1 aromatic carbocycles. The highest BCUT2D eigenvalue weighted by atomic mass is 79.9. The van der Waals surface area contributed by atoms with Crippen molar-refractivity contribution in [2.45, 2.75) is 19.4 Å². The van der Waals surface area contributed by atoms with Gasteiger partial charge in [-0.3, -0.25) is 9.69 Å². The summed E-state index contributed by atoms with van der Waals surface area (Å²) in [5, 5.41) is 0. The lowest BCUT2D eigenvalue weighted by atomic mass is 9.96. The Bertz CT molecular complexity index is 459. The lowest BCUT2D eigenvalue weighted by Gasteiger charge is -2.30. The van der Waals surface area contributed by atoms with E-state index in [4.69, 9.17) is 4.74 Å². The number of halogens is 2. The first-order valence-electron chi connectivity index (χ1n) is 6.34. The maximum Gasteiger partial charge on any atom is 0.308 e. The van der Waals surface area contributed by atoms with Gasteiger partial charge in [0, 0.05) is 11.0 Å². The minimum Gasteiger partial charge on any atom is -0.469 e. The molecule has 1 aliphatic rings. The zero-order valence-corrected chi connectivity index (χ0v) is 12.5. The van der Waals surface area contributed by atoms with Crippen LogP contribution in [0, 0.1) is 11.7 Å². The van der Waals surface area contributed by atoms with E-state index < -0.39 is 0 Å². The Morgan fingerprint density at radius 1 is 1.47 bits per heavy atom. The Morgan fingerprint density at radius 3 is 2.74 bits per heavy atom. The van der Waals surface area contributed by atoms with Crippen LogP contribution in [0.25, 0.3) is 0 Å². The standard InChI is InChI=1S/C14H17BrFNO2/c1-19-14(18)10-4-6-17(7-5-10)9-11-2-3-12(16)8-13(11)15/h2-3,8,10H,4-7,9H2,1H3. The van der Waals surface area contributed by atoms with Crippen LogP contribution in [0.3, 0.4) is 0 Å². The molecule has 1 fully saturated rings. The van der Waals surface area contributed by atoms with Gasteiger partial charge >= 0.3 is 5.97 Å². The largest absolute Gasteiger partial charge is 0.469 e. The van der Waals surface area contributed by atoms with E-state index in [2.05, 4.69) is 20.8 Å². The zero-order valence-electron chi connectivity index (χ0n) is 10.9. The SMILES string of the molecule is COC(=O)C1CCN(Cc2ccc(F)cc2Br)CC1. The molecule has 0 radical (unpaired) electrons. The molecule has 1 saturated heterocycles. The minimum atomic E-state index is -0.236. The predicted octanol–water partition coefficient (Wildman–Crippen LogP) is 2.97. The Labute approximate surface area is 120 Å². The van der Waals surface area contributed by atoms with Gasteiger partial charge in [0.1, 0.15) is 5.82 Å². The second-order valence-electron chi connectivity index (χ2n) is 4.81. The summed E-state index contributed by atoms with van der Waals surface area (Å²) in [7, 11) is 1.43. The summed E-state index contributed by atoms with van der Waals surface area (Å²) in [5.74, 6) is -0.319. The maximum absolute atomic E-state index is 13.0. The monoisotopic (exact) mass is 329 g/mol. The molecular formula is C14H17BrFNO2. The molecule has 3 nitrogen and oxygen atoms in total. The number of ether oxygens (including phenoxy) is 1. The molecule has 0 amide bonds. The van der Waals surface area contributed by atoms with E-state index in [-0.39, 0.29) is 17.7 Å². The fourth-order valence-corrected chi connectivity index (χ4v) is 2.86. The molecule has 2 rings (SSSR count). The number of rotatable bonds is 3. The highest BCUT2D eigenvalue weighted by molar-refractivity contribution is 9.10. The van der Waals surface area contributed by atoms with Gasteiger partial charge in [-0.1, -0.05) is 22.0 Å². The molecule has 1 aromatic rings. The van der Waals surface area contributed by atoms with Crippen molar-refractivity contribution < 1.29 is 13.9 Å². The number of hydrogen-bond acceptors (Lipinski definition) is 3.